The Balaban J connectivity index is 4.54. The minimum atomic E-state index is -0.725. The summed E-state index contributed by atoms with van der Waals surface area (Å²) in [6.07, 6.45) is -0.602. The zero-order valence-electron chi connectivity index (χ0n) is 10.2. The SMILES string of the molecule is CC(O)CN(C)C(=O)C(NC(N)=O)C(C)C. The van der Waals surface area contributed by atoms with E-state index in [-0.39, 0.29) is 18.4 Å². The second-order valence-corrected chi connectivity index (χ2v) is 4.30. The molecule has 0 radical (unpaired) electrons. The van der Waals surface area contributed by atoms with Gasteiger partial charge in [-0.2, -0.15) is 0 Å². The predicted octanol–water partition coefficient (Wildman–Crippen LogP) is -0.481. The Morgan fingerprint density at radius 3 is 2.19 bits per heavy atom. The van der Waals surface area contributed by atoms with Gasteiger partial charge in [-0.3, -0.25) is 4.79 Å². The van der Waals surface area contributed by atoms with Gasteiger partial charge in [0.1, 0.15) is 6.04 Å². The van der Waals surface area contributed by atoms with Crippen molar-refractivity contribution in [3.63, 3.8) is 0 Å². The van der Waals surface area contributed by atoms with Crippen LogP contribution in [0.15, 0.2) is 0 Å². The predicted molar refractivity (Wildman–Crippen MR) is 60.7 cm³/mol. The monoisotopic (exact) mass is 231 g/mol. The van der Waals surface area contributed by atoms with Crippen molar-refractivity contribution < 1.29 is 14.7 Å². The van der Waals surface area contributed by atoms with Crippen LogP contribution in [0, 0.1) is 5.92 Å². The summed E-state index contributed by atoms with van der Waals surface area (Å²) in [6, 6.07) is -1.38. The Kier molecular flexibility index (Phi) is 5.81. The number of hydrogen-bond donors (Lipinski definition) is 3. The molecule has 0 fully saturated rings. The number of carbonyl (C=O) groups excluding carboxylic acids is 2. The summed E-state index contributed by atoms with van der Waals surface area (Å²) in [5, 5.41) is 11.6. The zero-order valence-corrected chi connectivity index (χ0v) is 10.2. The van der Waals surface area contributed by atoms with Crippen LogP contribution < -0.4 is 11.1 Å². The van der Waals surface area contributed by atoms with Crippen LogP contribution in [0.4, 0.5) is 4.79 Å². The van der Waals surface area contributed by atoms with E-state index in [4.69, 9.17) is 10.8 Å². The molecule has 3 amide bonds. The molecule has 0 bridgehead atoms. The van der Waals surface area contributed by atoms with Crippen molar-refractivity contribution in [3.05, 3.63) is 0 Å². The lowest BCUT2D eigenvalue weighted by atomic mass is 10.0. The summed E-state index contributed by atoms with van der Waals surface area (Å²) < 4.78 is 0. The molecular formula is C10H21N3O3. The van der Waals surface area contributed by atoms with Gasteiger partial charge in [0.15, 0.2) is 0 Å². The molecule has 16 heavy (non-hydrogen) atoms. The molecule has 6 heteroatoms. The number of nitrogens with zero attached hydrogens (tertiary/aromatic N) is 1. The van der Waals surface area contributed by atoms with E-state index in [9.17, 15) is 9.59 Å². The van der Waals surface area contributed by atoms with Gasteiger partial charge >= 0.3 is 6.03 Å². The Labute approximate surface area is 95.8 Å². The number of hydrogen-bond acceptors (Lipinski definition) is 3. The molecule has 0 aromatic rings. The topological polar surface area (TPSA) is 95.7 Å². The number of primary amides is 1. The summed E-state index contributed by atoms with van der Waals surface area (Å²) in [5.41, 5.74) is 5.00. The Morgan fingerprint density at radius 2 is 1.88 bits per heavy atom. The normalized spacial score (nSPS) is 14.4. The highest BCUT2D eigenvalue weighted by Gasteiger charge is 2.26. The highest BCUT2D eigenvalue weighted by Crippen LogP contribution is 2.05. The molecule has 0 aromatic carbocycles. The van der Waals surface area contributed by atoms with Crippen molar-refractivity contribution in [3.8, 4) is 0 Å². The van der Waals surface area contributed by atoms with Gasteiger partial charge < -0.3 is 21.1 Å². The maximum Gasteiger partial charge on any atom is 0.312 e. The minimum Gasteiger partial charge on any atom is -0.392 e. The van der Waals surface area contributed by atoms with Gasteiger partial charge in [0.2, 0.25) is 5.91 Å². The molecule has 0 aliphatic heterocycles. The van der Waals surface area contributed by atoms with E-state index in [1.54, 1.807) is 14.0 Å². The van der Waals surface area contributed by atoms with Gasteiger partial charge in [0, 0.05) is 13.6 Å². The van der Waals surface area contributed by atoms with Crippen LogP contribution in [-0.4, -0.2) is 47.7 Å². The van der Waals surface area contributed by atoms with E-state index in [2.05, 4.69) is 5.32 Å². The number of carbonyl (C=O) groups is 2. The van der Waals surface area contributed by atoms with Crippen LogP contribution in [0.3, 0.4) is 0 Å². The van der Waals surface area contributed by atoms with Crippen LogP contribution in [0.2, 0.25) is 0 Å². The molecule has 0 rings (SSSR count). The Hall–Kier alpha value is -1.30. The number of rotatable bonds is 5. The minimum absolute atomic E-state index is 0.0588. The zero-order chi connectivity index (χ0) is 12.9. The van der Waals surface area contributed by atoms with Gasteiger partial charge in [-0.25, -0.2) is 4.79 Å². The molecule has 0 aliphatic carbocycles. The summed E-state index contributed by atoms with van der Waals surface area (Å²) in [5.74, 6) is -0.314. The second kappa shape index (κ2) is 6.32. The molecule has 2 atom stereocenters. The van der Waals surface area contributed by atoms with Gasteiger partial charge in [-0.05, 0) is 12.8 Å². The standard InChI is InChI=1S/C10H21N3O3/c1-6(2)8(12-10(11)16)9(15)13(4)5-7(3)14/h6-8,14H,5H2,1-4H3,(H3,11,12,16). The maximum absolute atomic E-state index is 11.9. The number of nitrogens with two attached hydrogens (primary N) is 1. The van der Waals surface area contributed by atoms with Crippen molar-refractivity contribution in [2.75, 3.05) is 13.6 Å². The number of likely N-dealkylation sites (N-methyl/N-ethyl adjacent to an activating group) is 1. The molecule has 6 nitrogen and oxygen atoms in total. The third kappa shape index (κ3) is 4.97. The number of aliphatic hydroxyl groups excluding tert-OH is 1. The molecule has 94 valence electrons. The second-order valence-electron chi connectivity index (χ2n) is 4.30. The van der Waals surface area contributed by atoms with E-state index in [0.717, 1.165) is 0 Å². The summed E-state index contributed by atoms with van der Waals surface area (Å²) >= 11 is 0. The van der Waals surface area contributed by atoms with Crippen molar-refractivity contribution in [2.45, 2.75) is 32.9 Å². The number of nitrogens with one attached hydrogen (secondary N) is 1. The van der Waals surface area contributed by atoms with Crippen molar-refractivity contribution in [2.24, 2.45) is 11.7 Å². The fourth-order valence-corrected chi connectivity index (χ4v) is 1.39. The fourth-order valence-electron chi connectivity index (χ4n) is 1.39. The smallest absolute Gasteiger partial charge is 0.312 e. The summed E-state index contributed by atoms with van der Waals surface area (Å²) in [6.45, 7) is 5.45. The lowest BCUT2D eigenvalue weighted by molar-refractivity contribution is -0.134. The number of amides is 3. The third-order valence-corrected chi connectivity index (χ3v) is 2.14. The van der Waals surface area contributed by atoms with Crippen molar-refractivity contribution in [1.29, 1.82) is 0 Å². The van der Waals surface area contributed by atoms with Crippen molar-refractivity contribution >= 4 is 11.9 Å². The lowest BCUT2D eigenvalue weighted by Gasteiger charge is -2.27. The van der Waals surface area contributed by atoms with E-state index in [1.165, 1.54) is 4.90 Å². The molecule has 0 spiro atoms. The molecule has 0 heterocycles. The van der Waals surface area contributed by atoms with Crippen LogP contribution in [-0.2, 0) is 4.79 Å². The molecular weight excluding hydrogens is 210 g/mol. The van der Waals surface area contributed by atoms with Gasteiger partial charge in [0.05, 0.1) is 6.10 Å². The van der Waals surface area contributed by atoms with E-state index < -0.39 is 18.2 Å². The number of urea groups is 1. The van der Waals surface area contributed by atoms with Gasteiger partial charge in [-0.15, -0.1) is 0 Å². The third-order valence-electron chi connectivity index (χ3n) is 2.14. The molecule has 2 unspecified atom stereocenters. The molecule has 0 saturated carbocycles. The van der Waals surface area contributed by atoms with Gasteiger partial charge in [0.25, 0.3) is 0 Å². The van der Waals surface area contributed by atoms with Crippen LogP contribution in [0.25, 0.3) is 0 Å². The highest BCUT2D eigenvalue weighted by molar-refractivity contribution is 5.86. The van der Waals surface area contributed by atoms with Crippen LogP contribution in [0.5, 0.6) is 0 Å². The first-order valence-electron chi connectivity index (χ1n) is 5.24. The average molecular weight is 231 g/mol. The molecule has 4 N–H and O–H groups in total. The molecule has 0 aliphatic rings. The van der Waals surface area contributed by atoms with E-state index in [1.807, 2.05) is 13.8 Å². The summed E-state index contributed by atoms with van der Waals surface area (Å²) in [7, 11) is 1.58. The van der Waals surface area contributed by atoms with E-state index >= 15 is 0 Å². The highest BCUT2D eigenvalue weighted by atomic mass is 16.3. The first kappa shape index (κ1) is 14.7. The van der Waals surface area contributed by atoms with Crippen LogP contribution in [0.1, 0.15) is 20.8 Å². The average Bonchev–Trinajstić information content (AvgIpc) is 2.11. The van der Waals surface area contributed by atoms with Crippen LogP contribution >= 0.6 is 0 Å². The largest absolute Gasteiger partial charge is 0.392 e. The first-order chi connectivity index (χ1) is 7.25. The fraction of sp³-hybridized carbons (Fsp3) is 0.800. The Bertz CT molecular complexity index is 254. The maximum atomic E-state index is 11.9. The quantitative estimate of drug-likeness (QED) is 0.596. The Morgan fingerprint density at radius 1 is 1.38 bits per heavy atom. The van der Waals surface area contributed by atoms with Gasteiger partial charge in [-0.1, -0.05) is 13.8 Å². The molecule has 0 saturated heterocycles. The molecule has 0 aromatic heterocycles. The lowest BCUT2D eigenvalue weighted by Crippen LogP contribution is -2.52. The van der Waals surface area contributed by atoms with E-state index in [0.29, 0.717) is 0 Å². The first-order valence-corrected chi connectivity index (χ1v) is 5.24. The van der Waals surface area contributed by atoms with Crippen molar-refractivity contribution in [1.82, 2.24) is 10.2 Å². The summed E-state index contributed by atoms with van der Waals surface area (Å²) in [4.78, 5) is 24.0. The number of aliphatic hydroxyl groups is 1.